The van der Waals surface area contributed by atoms with Crippen LogP contribution in [-0.2, 0) is 26.2 Å². The summed E-state index contributed by atoms with van der Waals surface area (Å²) in [5, 5.41) is 14.7. The second-order valence-electron chi connectivity index (χ2n) is 12.4. The smallest absolute Gasteiger partial charge is 0.416 e. The number of piperazine rings is 1. The van der Waals surface area contributed by atoms with Crippen LogP contribution in [0.15, 0.2) is 54.7 Å². The molecule has 2 aromatic heterocycles. The molecule has 6 rings (SSSR count). The van der Waals surface area contributed by atoms with E-state index in [9.17, 15) is 32.7 Å². The van der Waals surface area contributed by atoms with Gasteiger partial charge in [-0.1, -0.05) is 24.8 Å². The van der Waals surface area contributed by atoms with Crippen LogP contribution in [0, 0.1) is 11.8 Å². The molecule has 5 N–H and O–H groups in total. The number of carbonyl (C=O) groups is 3. The number of alkyl halides is 3. The maximum Gasteiger partial charge on any atom is 0.416 e. The second kappa shape index (κ2) is 14.7. The number of hydrogen-bond acceptors (Lipinski definition) is 8. The van der Waals surface area contributed by atoms with E-state index < -0.39 is 29.8 Å². The third kappa shape index (κ3) is 7.85. The Morgan fingerprint density at radius 3 is 2.38 bits per heavy atom. The minimum Gasteiger partial charge on any atom is -0.465 e. The van der Waals surface area contributed by atoms with Gasteiger partial charge in [-0.25, -0.2) is 24.5 Å². The fourth-order valence-corrected chi connectivity index (χ4v) is 6.38. The summed E-state index contributed by atoms with van der Waals surface area (Å²) in [6.07, 6.45) is -4.09. The number of urea groups is 1. The molecular weight excluding hydrogens is 679 g/mol. The number of amides is 4. The first-order valence-corrected chi connectivity index (χ1v) is 16.5. The average molecular weight is 716 g/mol. The van der Waals surface area contributed by atoms with Gasteiger partial charge in [0.15, 0.2) is 0 Å². The number of rotatable bonds is 6. The molecule has 52 heavy (non-hydrogen) atoms. The molecule has 2 aromatic carbocycles. The van der Waals surface area contributed by atoms with E-state index >= 15 is 0 Å². The Morgan fingerprint density at radius 1 is 0.981 bits per heavy atom. The zero-order valence-electron chi connectivity index (χ0n) is 28.4. The Hall–Kier alpha value is -5.92. The van der Waals surface area contributed by atoms with Crippen LogP contribution in [0.4, 0.5) is 40.1 Å². The molecule has 13 nitrogen and oxygen atoms in total. The number of nitrogens with one attached hydrogen (secondary N) is 2. The van der Waals surface area contributed by atoms with Gasteiger partial charge in [0.05, 0.1) is 22.4 Å². The molecule has 4 amide bonds. The van der Waals surface area contributed by atoms with Crippen molar-refractivity contribution in [1.29, 1.82) is 0 Å². The van der Waals surface area contributed by atoms with Gasteiger partial charge in [0.25, 0.3) is 5.91 Å². The Kier molecular flexibility index (Phi) is 10.2. The lowest BCUT2D eigenvalue weighted by atomic mass is 10.0. The number of anilines is 3. The van der Waals surface area contributed by atoms with Crippen LogP contribution in [0.2, 0.25) is 0 Å². The van der Waals surface area contributed by atoms with Gasteiger partial charge in [0.1, 0.15) is 5.69 Å². The third-order valence-electron chi connectivity index (χ3n) is 9.12. The molecule has 1 saturated heterocycles. The topological polar surface area (TPSA) is 162 Å². The Balaban J connectivity index is 1.18. The molecular formula is C36H36F3N9O4. The predicted molar refractivity (Wildman–Crippen MR) is 188 cm³/mol. The third-order valence-corrected chi connectivity index (χ3v) is 9.12. The molecule has 270 valence electrons. The van der Waals surface area contributed by atoms with Gasteiger partial charge in [0, 0.05) is 81.6 Å². The molecule has 4 aromatic rings. The highest BCUT2D eigenvalue weighted by atomic mass is 19.4. The van der Waals surface area contributed by atoms with Crippen LogP contribution in [0.3, 0.4) is 0 Å². The number of nitrogens with zero attached hydrogens (tertiary/aromatic N) is 6. The van der Waals surface area contributed by atoms with Crippen LogP contribution in [0.5, 0.6) is 0 Å². The molecule has 0 spiro atoms. The van der Waals surface area contributed by atoms with Crippen LogP contribution in [-0.4, -0.2) is 91.6 Å². The van der Waals surface area contributed by atoms with E-state index in [2.05, 4.69) is 44.3 Å². The molecule has 16 heteroatoms. The highest BCUT2D eigenvalue weighted by molar-refractivity contribution is 6.05. The van der Waals surface area contributed by atoms with Crippen molar-refractivity contribution in [2.24, 2.45) is 7.05 Å². The summed E-state index contributed by atoms with van der Waals surface area (Å²) in [6, 6.07) is 11.2. The van der Waals surface area contributed by atoms with Crippen LogP contribution in [0.25, 0.3) is 11.4 Å². The maximum atomic E-state index is 13.9. The van der Waals surface area contributed by atoms with E-state index in [0.717, 1.165) is 30.6 Å². The number of hydrogen-bond donors (Lipinski definition) is 4. The van der Waals surface area contributed by atoms with Gasteiger partial charge in [-0.2, -0.15) is 13.2 Å². The number of aromatic nitrogens is 3. The Labute approximate surface area is 297 Å². The molecule has 0 radical (unpaired) electrons. The molecule has 0 atom stereocenters. The van der Waals surface area contributed by atoms with Crippen molar-refractivity contribution in [1.82, 2.24) is 29.2 Å². The van der Waals surface area contributed by atoms with E-state index in [0.29, 0.717) is 53.4 Å². The van der Waals surface area contributed by atoms with Crippen LogP contribution >= 0.6 is 0 Å². The second-order valence-corrected chi connectivity index (χ2v) is 12.4. The van der Waals surface area contributed by atoms with E-state index in [-0.39, 0.29) is 35.9 Å². The lowest BCUT2D eigenvalue weighted by molar-refractivity contribution is -0.138. The molecule has 0 saturated carbocycles. The van der Waals surface area contributed by atoms with E-state index in [4.69, 9.17) is 5.73 Å². The average Bonchev–Trinajstić information content (AvgIpc) is 3.44. The summed E-state index contributed by atoms with van der Waals surface area (Å²) < 4.78 is 43.4. The first kappa shape index (κ1) is 35.9. The van der Waals surface area contributed by atoms with Gasteiger partial charge in [-0.15, -0.1) is 0 Å². The summed E-state index contributed by atoms with van der Waals surface area (Å²) in [6.45, 7) is 5.94. The SMILES string of the molecule is CCN1CCN(Cc2cc(NC(=O)Nc3cccc(C#Cc4cnc(N)nc4-c4cc5c(n4C)CCN(C(=O)O)C5=O)c3)ccc2C(F)(F)F)CC1. The van der Waals surface area contributed by atoms with Crippen molar-refractivity contribution < 1.29 is 32.7 Å². The predicted octanol–water partition coefficient (Wildman–Crippen LogP) is 4.94. The zero-order chi connectivity index (χ0) is 37.2. The number of halogens is 3. The number of benzene rings is 2. The van der Waals surface area contributed by atoms with Crippen molar-refractivity contribution >= 4 is 35.4 Å². The first-order chi connectivity index (χ1) is 24.8. The lowest BCUT2D eigenvalue weighted by Crippen LogP contribution is -2.45. The van der Waals surface area contributed by atoms with Crippen LogP contribution < -0.4 is 16.4 Å². The Bertz CT molecular complexity index is 2100. The van der Waals surface area contributed by atoms with Gasteiger partial charge in [-0.3, -0.25) is 9.69 Å². The van der Waals surface area contributed by atoms with Crippen molar-refractivity contribution in [2.75, 3.05) is 55.6 Å². The summed E-state index contributed by atoms with van der Waals surface area (Å²) in [5.74, 6) is 5.39. The summed E-state index contributed by atoms with van der Waals surface area (Å²) in [5.41, 5.74) is 8.52. The standard InChI is InChI=1S/C36H36F3N9O4/c1-3-46-13-15-47(16-14-46)21-24-18-26(9-10-28(24)36(37,38)39)43-34(50)42-25-6-4-5-22(17-25)7-8-23-20-41-33(40)44-31(23)30-19-27-29(45(30)2)11-12-48(32(27)49)35(51)52/h4-6,9-10,17-20H,3,11-16,21H2,1-2H3,(H,51,52)(H2,40,41,44)(H2,42,43,50). The van der Waals surface area contributed by atoms with Crippen molar-refractivity contribution in [2.45, 2.75) is 26.1 Å². The van der Waals surface area contributed by atoms with Crippen molar-refractivity contribution in [3.8, 4) is 23.2 Å². The van der Waals surface area contributed by atoms with E-state index in [1.165, 1.54) is 18.3 Å². The van der Waals surface area contributed by atoms with Gasteiger partial charge >= 0.3 is 18.3 Å². The highest BCUT2D eigenvalue weighted by Gasteiger charge is 2.35. The zero-order valence-corrected chi connectivity index (χ0v) is 28.4. The largest absolute Gasteiger partial charge is 0.465 e. The van der Waals surface area contributed by atoms with Gasteiger partial charge < -0.3 is 30.9 Å². The summed E-state index contributed by atoms with van der Waals surface area (Å²) >= 11 is 0. The monoisotopic (exact) mass is 715 g/mol. The fraction of sp³-hybridized carbons (Fsp3) is 0.306. The quantitative estimate of drug-likeness (QED) is 0.203. The molecule has 2 aliphatic heterocycles. The number of fused-ring (bicyclic) bond motifs is 1. The van der Waals surface area contributed by atoms with Gasteiger partial charge in [0.2, 0.25) is 5.95 Å². The highest BCUT2D eigenvalue weighted by Crippen LogP contribution is 2.34. The lowest BCUT2D eigenvalue weighted by Gasteiger charge is -2.34. The normalized spacial score (nSPS) is 15.1. The fourth-order valence-electron chi connectivity index (χ4n) is 6.38. The number of imide groups is 1. The molecule has 0 bridgehead atoms. The summed E-state index contributed by atoms with van der Waals surface area (Å²) in [7, 11) is 1.74. The minimum atomic E-state index is -4.54. The minimum absolute atomic E-state index is 0.0228. The molecule has 1 fully saturated rings. The Morgan fingerprint density at radius 2 is 1.69 bits per heavy atom. The maximum absolute atomic E-state index is 13.9. The van der Waals surface area contributed by atoms with Crippen molar-refractivity contribution in [3.05, 3.63) is 88.2 Å². The number of carbonyl (C=O) groups excluding carboxylic acids is 2. The molecule has 0 unspecified atom stereocenters. The van der Waals surface area contributed by atoms with Crippen molar-refractivity contribution in [3.63, 3.8) is 0 Å². The van der Waals surface area contributed by atoms with Crippen LogP contribution in [0.1, 0.15) is 45.2 Å². The van der Waals surface area contributed by atoms with Gasteiger partial charge in [-0.05, 0) is 54.6 Å². The number of likely N-dealkylation sites (N-methyl/N-ethyl adjacent to an activating group) is 1. The van der Waals surface area contributed by atoms with E-state index in [1.807, 2.05) is 4.90 Å². The number of nitrogen functional groups attached to an aromatic ring is 1. The van der Waals surface area contributed by atoms with E-state index in [1.54, 1.807) is 41.9 Å². The number of nitrogens with two attached hydrogens (primary N) is 1. The molecule has 2 aliphatic rings. The number of carboxylic acid groups (broad SMARTS) is 1. The summed E-state index contributed by atoms with van der Waals surface area (Å²) in [4.78, 5) is 50.8. The molecule has 0 aliphatic carbocycles. The first-order valence-electron chi connectivity index (χ1n) is 16.5. The molecule has 4 heterocycles.